The van der Waals surface area contributed by atoms with Crippen molar-refractivity contribution in [2.45, 2.75) is 39.3 Å². The number of nitrogens with one attached hydrogen (secondary N) is 5. The predicted molar refractivity (Wildman–Crippen MR) is 178 cm³/mol. The van der Waals surface area contributed by atoms with Gasteiger partial charge in [-0.25, -0.2) is 0 Å². The predicted octanol–water partition coefficient (Wildman–Crippen LogP) is -5.20. The van der Waals surface area contributed by atoms with Crippen LogP contribution in [0.25, 0.3) is 0 Å². The lowest BCUT2D eigenvalue weighted by atomic mass is 10.2. The summed E-state index contributed by atoms with van der Waals surface area (Å²) in [7, 11) is 0. The van der Waals surface area contributed by atoms with Gasteiger partial charge in [-0.2, -0.15) is 0 Å². The molecule has 21 heteroatoms. The highest BCUT2D eigenvalue weighted by Crippen LogP contribution is 2.01. The van der Waals surface area contributed by atoms with Gasteiger partial charge in [0.25, 0.3) is 0 Å². The summed E-state index contributed by atoms with van der Waals surface area (Å²) < 4.78 is 0. The molecule has 288 valence electrons. The molecule has 1 aliphatic rings. The molecule has 1 rings (SSSR count). The number of hydrogen-bond acceptors (Lipinski definition) is 13. The molecule has 5 amide bonds. The van der Waals surface area contributed by atoms with Gasteiger partial charge in [-0.1, -0.05) is 6.92 Å². The maximum Gasteiger partial charge on any atom is 0.317 e. The Morgan fingerprint density at radius 2 is 0.804 bits per heavy atom. The Labute approximate surface area is 295 Å². The molecule has 0 aromatic rings. The summed E-state index contributed by atoms with van der Waals surface area (Å²) in [6.07, 6.45) is 0.250. The van der Waals surface area contributed by atoms with E-state index in [4.69, 9.17) is 0 Å². The van der Waals surface area contributed by atoms with Crippen molar-refractivity contribution in [1.82, 2.24) is 46.2 Å². The fourth-order valence-corrected chi connectivity index (χ4v) is 4.72. The van der Waals surface area contributed by atoms with Crippen molar-refractivity contribution < 1.29 is 58.5 Å². The fraction of sp³-hybridized carbons (Fsp3) is 0.700. The zero-order valence-corrected chi connectivity index (χ0v) is 29.3. The summed E-state index contributed by atoms with van der Waals surface area (Å²) >= 11 is 0. The molecule has 1 heterocycles. The molecule has 8 N–H and O–H groups in total. The fourth-order valence-electron chi connectivity index (χ4n) is 4.72. The van der Waals surface area contributed by atoms with Crippen LogP contribution in [0.1, 0.15) is 27.2 Å². The van der Waals surface area contributed by atoms with Gasteiger partial charge < -0.3 is 41.9 Å². The summed E-state index contributed by atoms with van der Waals surface area (Å²) in [5.41, 5.74) is 0. The standard InChI is InChI=1S/C30H51N9O12/c1-4-22(40)13-32-29(50)20(2)35-24(42)15-33-30(51)21(3)34-23(41)14-31-25(43)16-36-5-7-37(17-26(44)45)9-11-39(19-28(48)49)12-10-38(8-6-36)18-27(46)47/h20-21H,4-19H2,1-3H3,(H,31,43)(H,32,50)(H,33,51)(H,34,41)(H,35,42)(H,44,45)(H,46,47)(H,48,49). The first-order valence-corrected chi connectivity index (χ1v) is 16.5. The van der Waals surface area contributed by atoms with Crippen molar-refractivity contribution >= 4 is 53.2 Å². The number of carbonyl (C=O) groups excluding carboxylic acids is 6. The molecule has 2 atom stereocenters. The van der Waals surface area contributed by atoms with Crippen molar-refractivity contribution in [3.05, 3.63) is 0 Å². The average molecular weight is 730 g/mol. The van der Waals surface area contributed by atoms with Gasteiger partial charge in [0.05, 0.1) is 45.8 Å². The molecule has 0 radical (unpaired) electrons. The number of amides is 5. The van der Waals surface area contributed by atoms with Crippen LogP contribution in [0, 0.1) is 0 Å². The summed E-state index contributed by atoms with van der Waals surface area (Å²) in [4.78, 5) is 114. The van der Waals surface area contributed by atoms with Gasteiger partial charge in [0.1, 0.15) is 12.1 Å². The molecule has 2 unspecified atom stereocenters. The molecular formula is C30H51N9O12. The highest BCUT2D eigenvalue weighted by atomic mass is 16.4. The van der Waals surface area contributed by atoms with Crippen LogP contribution in [0.3, 0.4) is 0 Å². The summed E-state index contributed by atoms with van der Waals surface area (Å²) in [6.45, 7) is 3.82. The zero-order chi connectivity index (χ0) is 38.5. The molecule has 0 spiro atoms. The third-order valence-corrected chi connectivity index (χ3v) is 7.64. The van der Waals surface area contributed by atoms with Crippen molar-refractivity contribution in [1.29, 1.82) is 0 Å². The second-order valence-corrected chi connectivity index (χ2v) is 12.0. The number of carbonyl (C=O) groups is 9. The number of nitrogens with zero attached hydrogens (tertiary/aromatic N) is 4. The molecule has 1 saturated heterocycles. The van der Waals surface area contributed by atoms with Gasteiger partial charge in [-0.3, -0.25) is 62.8 Å². The van der Waals surface area contributed by atoms with Gasteiger partial charge in [0, 0.05) is 58.8 Å². The van der Waals surface area contributed by atoms with Gasteiger partial charge in [-0.15, -0.1) is 0 Å². The Hall–Kier alpha value is -4.73. The smallest absolute Gasteiger partial charge is 0.317 e. The number of carboxylic acid groups (broad SMARTS) is 3. The molecule has 21 nitrogen and oxygen atoms in total. The Kier molecular flexibility index (Phi) is 20.5. The Bertz CT molecular complexity index is 1220. The van der Waals surface area contributed by atoms with Crippen LogP contribution >= 0.6 is 0 Å². The van der Waals surface area contributed by atoms with Gasteiger partial charge in [0.2, 0.25) is 29.5 Å². The van der Waals surface area contributed by atoms with Crippen LogP contribution in [0.5, 0.6) is 0 Å². The lowest BCUT2D eigenvalue weighted by Crippen LogP contribution is -2.52. The second kappa shape index (κ2) is 23.6. The molecule has 0 aromatic carbocycles. The average Bonchev–Trinajstić information content (AvgIpc) is 3.05. The van der Waals surface area contributed by atoms with Crippen molar-refractivity contribution in [3.8, 4) is 0 Å². The third kappa shape index (κ3) is 20.5. The molecule has 0 saturated carbocycles. The largest absolute Gasteiger partial charge is 0.480 e. The van der Waals surface area contributed by atoms with E-state index in [0.29, 0.717) is 0 Å². The molecule has 0 aliphatic carbocycles. The highest BCUT2D eigenvalue weighted by molar-refractivity contribution is 5.94. The van der Waals surface area contributed by atoms with Crippen molar-refractivity contribution in [3.63, 3.8) is 0 Å². The number of ketones is 1. The van der Waals surface area contributed by atoms with E-state index in [2.05, 4.69) is 26.6 Å². The minimum absolute atomic E-state index is 0.166. The van der Waals surface area contributed by atoms with Crippen LogP contribution in [0.2, 0.25) is 0 Å². The van der Waals surface area contributed by atoms with Crippen LogP contribution in [0.4, 0.5) is 0 Å². The third-order valence-electron chi connectivity index (χ3n) is 7.64. The Morgan fingerprint density at radius 1 is 0.490 bits per heavy atom. The van der Waals surface area contributed by atoms with Crippen LogP contribution in [0.15, 0.2) is 0 Å². The molecule has 51 heavy (non-hydrogen) atoms. The molecule has 1 fully saturated rings. The van der Waals surface area contributed by atoms with Crippen molar-refractivity contribution in [2.75, 3.05) is 98.2 Å². The number of aliphatic carboxylic acids is 3. The first-order valence-electron chi connectivity index (χ1n) is 16.5. The minimum atomic E-state index is -1.09. The first kappa shape index (κ1) is 44.3. The van der Waals surface area contributed by atoms with E-state index >= 15 is 0 Å². The summed E-state index contributed by atoms with van der Waals surface area (Å²) in [6, 6.07) is -2.06. The first-order chi connectivity index (χ1) is 24.0. The number of carboxylic acids is 3. The van der Waals surface area contributed by atoms with E-state index in [0.717, 1.165) is 0 Å². The second-order valence-electron chi connectivity index (χ2n) is 12.0. The topological polar surface area (TPSA) is 287 Å². The van der Waals surface area contributed by atoms with E-state index < -0.39 is 72.6 Å². The summed E-state index contributed by atoms with van der Waals surface area (Å²) in [5.74, 6) is -6.66. The van der Waals surface area contributed by atoms with E-state index in [1.165, 1.54) is 13.8 Å². The van der Waals surface area contributed by atoms with E-state index in [-0.39, 0.29) is 97.3 Å². The van der Waals surface area contributed by atoms with Gasteiger partial charge in [-0.05, 0) is 13.8 Å². The SMILES string of the molecule is CCC(=O)CNC(=O)C(C)NC(=O)CNC(=O)C(C)NC(=O)CNC(=O)CN1CCN(CC(=O)O)CCN(CC(=O)O)CCN(CC(=O)O)CC1. The minimum Gasteiger partial charge on any atom is -0.480 e. The number of hydrogen-bond donors (Lipinski definition) is 8. The van der Waals surface area contributed by atoms with Gasteiger partial charge >= 0.3 is 17.9 Å². The van der Waals surface area contributed by atoms with E-state index in [1.54, 1.807) is 26.5 Å². The summed E-state index contributed by atoms with van der Waals surface area (Å²) in [5, 5.41) is 39.9. The highest BCUT2D eigenvalue weighted by Gasteiger charge is 2.23. The van der Waals surface area contributed by atoms with Crippen LogP contribution < -0.4 is 26.6 Å². The molecule has 1 aliphatic heterocycles. The van der Waals surface area contributed by atoms with E-state index in [9.17, 15) is 58.5 Å². The van der Waals surface area contributed by atoms with E-state index in [1.807, 2.05) is 0 Å². The monoisotopic (exact) mass is 729 g/mol. The number of rotatable bonds is 19. The molecular weight excluding hydrogens is 678 g/mol. The lowest BCUT2D eigenvalue weighted by molar-refractivity contribution is -0.140. The Balaban J connectivity index is 2.67. The normalized spacial score (nSPS) is 16.6. The zero-order valence-electron chi connectivity index (χ0n) is 29.3. The van der Waals surface area contributed by atoms with Gasteiger partial charge in [0.15, 0.2) is 5.78 Å². The van der Waals surface area contributed by atoms with Crippen LogP contribution in [-0.4, -0.2) is 198 Å². The maximum atomic E-state index is 12.8. The molecule has 0 bridgehead atoms. The quantitative estimate of drug-likeness (QED) is 0.0617. The van der Waals surface area contributed by atoms with Crippen molar-refractivity contribution in [2.24, 2.45) is 0 Å². The van der Waals surface area contributed by atoms with Crippen LogP contribution in [-0.2, 0) is 43.2 Å². The maximum absolute atomic E-state index is 12.8. The lowest BCUT2D eigenvalue weighted by Gasteiger charge is -2.32. The Morgan fingerprint density at radius 3 is 1.14 bits per heavy atom. The molecule has 0 aromatic heterocycles. The number of Topliss-reactive ketones (excluding diaryl/α,β-unsaturated/α-hetero) is 1.